The fourth-order valence-corrected chi connectivity index (χ4v) is 2.53. The Labute approximate surface area is 138 Å². The molecule has 0 bridgehead atoms. The number of carbonyl (C=O) groups excluding carboxylic acids is 1. The number of methoxy groups -OCH3 is 2. The maximum absolute atomic E-state index is 12.0. The second-order valence-electron chi connectivity index (χ2n) is 4.75. The lowest BCUT2D eigenvalue weighted by atomic mass is 10.1. The van der Waals surface area contributed by atoms with Gasteiger partial charge in [0.1, 0.15) is 0 Å². The maximum atomic E-state index is 12.0. The highest BCUT2D eigenvalue weighted by Gasteiger charge is 2.08. The molecule has 0 fully saturated rings. The molecular formula is C17H18BrNO3. The van der Waals surface area contributed by atoms with Gasteiger partial charge in [-0.1, -0.05) is 28.1 Å². The zero-order chi connectivity index (χ0) is 15.9. The molecule has 4 nitrogen and oxygen atoms in total. The van der Waals surface area contributed by atoms with Gasteiger partial charge in [-0.2, -0.15) is 0 Å². The Bertz CT molecular complexity index is 658. The van der Waals surface area contributed by atoms with Crippen LogP contribution in [0.2, 0.25) is 0 Å². The number of benzene rings is 2. The molecule has 0 aliphatic rings. The number of rotatable bonds is 6. The van der Waals surface area contributed by atoms with Gasteiger partial charge in [0, 0.05) is 22.6 Å². The molecule has 0 saturated heterocycles. The van der Waals surface area contributed by atoms with Gasteiger partial charge < -0.3 is 14.8 Å². The highest BCUT2D eigenvalue weighted by Crippen LogP contribution is 2.29. The molecular weight excluding hydrogens is 346 g/mol. The van der Waals surface area contributed by atoms with Crippen molar-refractivity contribution in [3.63, 3.8) is 0 Å². The van der Waals surface area contributed by atoms with E-state index in [9.17, 15) is 4.79 Å². The summed E-state index contributed by atoms with van der Waals surface area (Å²) in [6.45, 7) is 0. The molecule has 0 atom stereocenters. The highest BCUT2D eigenvalue weighted by atomic mass is 79.9. The second kappa shape index (κ2) is 7.84. The van der Waals surface area contributed by atoms with Crippen molar-refractivity contribution in [1.29, 1.82) is 0 Å². The number of halogens is 1. The van der Waals surface area contributed by atoms with E-state index in [4.69, 9.17) is 9.47 Å². The molecule has 0 unspecified atom stereocenters. The van der Waals surface area contributed by atoms with Crippen LogP contribution in [-0.2, 0) is 11.2 Å². The van der Waals surface area contributed by atoms with E-state index in [0.29, 0.717) is 30.0 Å². The molecule has 0 radical (unpaired) electrons. The van der Waals surface area contributed by atoms with E-state index in [1.165, 1.54) is 0 Å². The lowest BCUT2D eigenvalue weighted by molar-refractivity contribution is -0.116. The van der Waals surface area contributed by atoms with Crippen molar-refractivity contribution in [2.24, 2.45) is 0 Å². The van der Waals surface area contributed by atoms with Crippen molar-refractivity contribution in [1.82, 2.24) is 0 Å². The predicted molar refractivity (Wildman–Crippen MR) is 90.6 cm³/mol. The Kier molecular flexibility index (Phi) is 5.83. The Morgan fingerprint density at radius 3 is 2.55 bits per heavy atom. The number of hydrogen-bond donors (Lipinski definition) is 1. The van der Waals surface area contributed by atoms with Gasteiger partial charge in [0.25, 0.3) is 0 Å². The van der Waals surface area contributed by atoms with E-state index in [1.54, 1.807) is 32.4 Å². The van der Waals surface area contributed by atoms with Gasteiger partial charge in [-0.25, -0.2) is 0 Å². The summed E-state index contributed by atoms with van der Waals surface area (Å²) in [5.41, 5.74) is 1.81. The van der Waals surface area contributed by atoms with Crippen molar-refractivity contribution >= 4 is 27.5 Å². The fraction of sp³-hybridized carbons (Fsp3) is 0.235. The minimum absolute atomic E-state index is 0.0350. The summed E-state index contributed by atoms with van der Waals surface area (Å²) in [6, 6.07) is 13.3. The molecule has 22 heavy (non-hydrogen) atoms. The molecule has 0 heterocycles. The van der Waals surface area contributed by atoms with Crippen LogP contribution in [0.1, 0.15) is 12.0 Å². The van der Waals surface area contributed by atoms with Crippen molar-refractivity contribution in [3.8, 4) is 11.5 Å². The minimum atomic E-state index is -0.0350. The van der Waals surface area contributed by atoms with Crippen LogP contribution in [0.5, 0.6) is 11.5 Å². The number of carbonyl (C=O) groups is 1. The molecule has 1 amide bonds. The molecule has 0 aliphatic carbocycles. The van der Waals surface area contributed by atoms with Crippen LogP contribution in [0.25, 0.3) is 0 Å². The van der Waals surface area contributed by atoms with Gasteiger partial charge in [0.2, 0.25) is 5.91 Å². The first-order chi connectivity index (χ1) is 10.6. The largest absolute Gasteiger partial charge is 0.493 e. The van der Waals surface area contributed by atoms with E-state index in [2.05, 4.69) is 21.2 Å². The average Bonchev–Trinajstić information content (AvgIpc) is 2.53. The number of ether oxygens (including phenoxy) is 2. The van der Waals surface area contributed by atoms with Crippen LogP contribution in [0.15, 0.2) is 46.9 Å². The Morgan fingerprint density at radius 1 is 1.09 bits per heavy atom. The van der Waals surface area contributed by atoms with E-state index in [1.807, 2.05) is 24.3 Å². The number of anilines is 1. The van der Waals surface area contributed by atoms with Crippen molar-refractivity contribution in [2.75, 3.05) is 19.5 Å². The summed E-state index contributed by atoms with van der Waals surface area (Å²) >= 11 is 3.43. The quantitative estimate of drug-likeness (QED) is 0.842. The summed E-state index contributed by atoms with van der Waals surface area (Å²) in [6.07, 6.45) is 1.11. The Hall–Kier alpha value is -2.01. The number of nitrogens with one attached hydrogen (secondary N) is 1. The molecule has 5 heteroatoms. The van der Waals surface area contributed by atoms with Crippen LogP contribution >= 0.6 is 15.9 Å². The topological polar surface area (TPSA) is 47.6 Å². The van der Waals surface area contributed by atoms with Gasteiger partial charge in [-0.05, 0) is 36.2 Å². The third-order valence-corrected chi connectivity index (χ3v) is 3.69. The zero-order valence-corrected chi connectivity index (χ0v) is 14.1. The first-order valence-electron chi connectivity index (χ1n) is 6.88. The van der Waals surface area contributed by atoms with E-state index in [-0.39, 0.29) is 5.91 Å². The molecule has 2 aromatic carbocycles. The van der Waals surface area contributed by atoms with E-state index in [0.717, 1.165) is 10.0 Å². The van der Waals surface area contributed by atoms with Crippen molar-refractivity contribution in [3.05, 3.63) is 52.5 Å². The lowest BCUT2D eigenvalue weighted by Gasteiger charge is -2.10. The second-order valence-corrected chi connectivity index (χ2v) is 5.66. The SMILES string of the molecule is COc1ccc(NC(=O)CCc2cccc(Br)c2)cc1OC. The Morgan fingerprint density at radius 2 is 1.86 bits per heavy atom. The third-order valence-electron chi connectivity index (χ3n) is 3.20. The molecule has 2 rings (SSSR count). The number of hydrogen-bond acceptors (Lipinski definition) is 3. The van der Waals surface area contributed by atoms with Gasteiger partial charge in [-0.15, -0.1) is 0 Å². The molecule has 2 aromatic rings. The number of aryl methyl sites for hydroxylation is 1. The molecule has 0 aromatic heterocycles. The van der Waals surface area contributed by atoms with Gasteiger partial charge in [0.15, 0.2) is 11.5 Å². The van der Waals surface area contributed by atoms with E-state index >= 15 is 0 Å². The van der Waals surface area contributed by atoms with Crippen molar-refractivity contribution in [2.45, 2.75) is 12.8 Å². The van der Waals surface area contributed by atoms with Crippen LogP contribution < -0.4 is 14.8 Å². The molecule has 0 saturated carbocycles. The molecule has 0 spiro atoms. The number of amides is 1. The summed E-state index contributed by atoms with van der Waals surface area (Å²) in [7, 11) is 3.14. The van der Waals surface area contributed by atoms with Gasteiger partial charge in [-0.3, -0.25) is 4.79 Å². The van der Waals surface area contributed by atoms with Crippen LogP contribution in [0.3, 0.4) is 0 Å². The zero-order valence-electron chi connectivity index (χ0n) is 12.6. The van der Waals surface area contributed by atoms with Crippen LogP contribution in [-0.4, -0.2) is 20.1 Å². The fourth-order valence-electron chi connectivity index (χ4n) is 2.09. The van der Waals surface area contributed by atoms with Gasteiger partial charge >= 0.3 is 0 Å². The summed E-state index contributed by atoms with van der Waals surface area (Å²) in [5, 5.41) is 2.87. The molecule has 1 N–H and O–H groups in total. The average molecular weight is 364 g/mol. The minimum Gasteiger partial charge on any atom is -0.493 e. The normalized spacial score (nSPS) is 10.1. The van der Waals surface area contributed by atoms with E-state index < -0.39 is 0 Å². The van der Waals surface area contributed by atoms with Crippen LogP contribution in [0, 0.1) is 0 Å². The summed E-state index contributed by atoms with van der Waals surface area (Å²) < 4.78 is 11.4. The summed E-state index contributed by atoms with van der Waals surface area (Å²) in [4.78, 5) is 12.0. The van der Waals surface area contributed by atoms with Gasteiger partial charge in [0.05, 0.1) is 14.2 Å². The highest BCUT2D eigenvalue weighted by molar-refractivity contribution is 9.10. The third kappa shape index (κ3) is 4.49. The maximum Gasteiger partial charge on any atom is 0.224 e. The van der Waals surface area contributed by atoms with Crippen molar-refractivity contribution < 1.29 is 14.3 Å². The monoisotopic (exact) mass is 363 g/mol. The smallest absolute Gasteiger partial charge is 0.224 e. The lowest BCUT2D eigenvalue weighted by Crippen LogP contribution is -2.12. The standard InChI is InChI=1S/C17H18BrNO3/c1-21-15-8-7-14(11-16(15)22-2)19-17(20)9-6-12-4-3-5-13(18)10-12/h3-5,7-8,10-11H,6,9H2,1-2H3,(H,19,20). The molecule has 116 valence electrons. The molecule has 0 aliphatic heterocycles. The summed E-state index contributed by atoms with van der Waals surface area (Å²) in [5.74, 6) is 1.19. The first-order valence-corrected chi connectivity index (χ1v) is 7.68. The Balaban J connectivity index is 1.94. The van der Waals surface area contributed by atoms with Crippen LogP contribution in [0.4, 0.5) is 5.69 Å². The predicted octanol–water partition coefficient (Wildman–Crippen LogP) is 4.04. The first kappa shape index (κ1) is 16.4.